The lowest BCUT2D eigenvalue weighted by molar-refractivity contribution is -0.139. The maximum Gasteiger partial charge on any atom is 0.305 e. The number of aromatic nitrogens is 2. The first kappa shape index (κ1) is 26.6. The Morgan fingerprint density at radius 3 is 2.43 bits per heavy atom. The molecule has 1 saturated carbocycles. The number of aliphatic hydroxyl groups is 2. The fourth-order valence-corrected chi connectivity index (χ4v) is 4.46. The van der Waals surface area contributed by atoms with Crippen molar-refractivity contribution in [3.05, 3.63) is 53.1 Å². The van der Waals surface area contributed by atoms with Gasteiger partial charge in [0.1, 0.15) is 5.82 Å². The van der Waals surface area contributed by atoms with Crippen molar-refractivity contribution < 1.29 is 29.3 Å². The van der Waals surface area contributed by atoms with Gasteiger partial charge in [0.2, 0.25) is 0 Å². The van der Waals surface area contributed by atoms with Crippen LogP contribution in [0.15, 0.2) is 30.3 Å². The summed E-state index contributed by atoms with van der Waals surface area (Å²) in [5.74, 6) is -1.92. The summed E-state index contributed by atoms with van der Waals surface area (Å²) < 4.78 is 15.1. The summed E-state index contributed by atoms with van der Waals surface area (Å²) in [6, 6.07) is 5.82. The normalized spacial score (nSPS) is 16.5. The number of carbonyl (C=O) groups excluding carboxylic acids is 1. The Morgan fingerprint density at radius 2 is 1.83 bits per heavy atom. The second-order valence-corrected chi connectivity index (χ2v) is 9.41. The Balaban J connectivity index is 1.97. The second-order valence-electron chi connectivity index (χ2n) is 9.41. The number of hydrogen-bond acceptors (Lipinski definition) is 5. The summed E-state index contributed by atoms with van der Waals surface area (Å²) in [5, 5.41) is 36.7. The molecule has 9 heteroatoms. The van der Waals surface area contributed by atoms with Gasteiger partial charge in [-0.25, -0.2) is 9.07 Å². The lowest BCUT2D eigenvalue weighted by Gasteiger charge is -2.22. The van der Waals surface area contributed by atoms with E-state index in [9.17, 15) is 24.2 Å². The SMILES string of the molecule is CC(C)c1c(C(=O)NC2CCCCC2)nn(-c2ccc(F)cc2)c1/C=C/[C@@H](O)C[C@@H](O)CC(=O)O. The summed E-state index contributed by atoms with van der Waals surface area (Å²) in [5.41, 5.74) is 2.05. The van der Waals surface area contributed by atoms with Gasteiger partial charge in [0.25, 0.3) is 5.91 Å². The summed E-state index contributed by atoms with van der Waals surface area (Å²) >= 11 is 0. The van der Waals surface area contributed by atoms with Crippen molar-refractivity contribution in [1.29, 1.82) is 0 Å². The molecule has 3 rings (SSSR count). The summed E-state index contributed by atoms with van der Waals surface area (Å²) in [6.07, 6.45) is 5.30. The average molecular weight is 488 g/mol. The topological polar surface area (TPSA) is 125 Å². The maximum absolute atomic E-state index is 13.6. The van der Waals surface area contributed by atoms with Crippen LogP contribution in [-0.2, 0) is 4.79 Å². The number of amides is 1. The second kappa shape index (κ2) is 12.1. The number of benzene rings is 1. The fourth-order valence-electron chi connectivity index (χ4n) is 4.46. The van der Waals surface area contributed by atoms with Crippen LogP contribution in [0.25, 0.3) is 11.8 Å². The van der Waals surface area contributed by atoms with Crippen LogP contribution in [0.1, 0.15) is 86.5 Å². The Hall–Kier alpha value is -3.04. The molecule has 8 nitrogen and oxygen atoms in total. The Morgan fingerprint density at radius 1 is 1.17 bits per heavy atom. The van der Waals surface area contributed by atoms with Crippen LogP contribution in [0.3, 0.4) is 0 Å². The molecule has 0 saturated heterocycles. The molecule has 2 atom stereocenters. The third-order valence-electron chi connectivity index (χ3n) is 6.16. The number of carbonyl (C=O) groups is 2. The lowest BCUT2D eigenvalue weighted by Crippen LogP contribution is -2.36. The van der Waals surface area contributed by atoms with Crippen LogP contribution >= 0.6 is 0 Å². The standard InChI is InChI=1S/C26H34FN3O5/c1-16(2)24-22(13-12-20(31)14-21(32)15-23(33)34)30(19-10-8-17(27)9-11-19)29-25(24)26(35)28-18-6-4-3-5-7-18/h8-13,16,18,20-21,31-32H,3-7,14-15H2,1-2H3,(H,28,35)(H,33,34)/b13-12+/t20-,21-/m1/s1. The van der Waals surface area contributed by atoms with E-state index < -0.39 is 30.4 Å². The molecule has 35 heavy (non-hydrogen) atoms. The molecule has 1 aliphatic carbocycles. The van der Waals surface area contributed by atoms with E-state index in [2.05, 4.69) is 10.4 Å². The van der Waals surface area contributed by atoms with Crippen molar-refractivity contribution in [2.24, 2.45) is 0 Å². The Kier molecular flexibility index (Phi) is 9.17. The minimum absolute atomic E-state index is 0.0919. The minimum Gasteiger partial charge on any atom is -0.481 e. The molecule has 0 spiro atoms. The number of halogens is 1. The highest BCUT2D eigenvalue weighted by Gasteiger charge is 2.27. The largest absolute Gasteiger partial charge is 0.481 e. The molecular weight excluding hydrogens is 453 g/mol. The fraction of sp³-hybridized carbons (Fsp3) is 0.500. The van der Waals surface area contributed by atoms with Crippen molar-refractivity contribution in [3.8, 4) is 5.69 Å². The average Bonchev–Trinajstić information content (AvgIpc) is 3.18. The molecule has 0 aliphatic heterocycles. The van der Waals surface area contributed by atoms with Gasteiger partial charge in [-0.3, -0.25) is 9.59 Å². The van der Waals surface area contributed by atoms with Crippen LogP contribution in [0.4, 0.5) is 4.39 Å². The van der Waals surface area contributed by atoms with Crippen molar-refractivity contribution in [3.63, 3.8) is 0 Å². The van der Waals surface area contributed by atoms with Crippen molar-refractivity contribution >= 4 is 18.0 Å². The number of carboxylic acid groups (broad SMARTS) is 1. The molecule has 1 aromatic heterocycles. The van der Waals surface area contributed by atoms with E-state index in [0.717, 1.165) is 25.7 Å². The van der Waals surface area contributed by atoms with Gasteiger partial charge >= 0.3 is 5.97 Å². The molecule has 0 bridgehead atoms. The van der Waals surface area contributed by atoms with Gasteiger partial charge in [0.05, 0.1) is 30.0 Å². The summed E-state index contributed by atoms with van der Waals surface area (Å²) in [4.78, 5) is 24.1. The maximum atomic E-state index is 13.6. The first-order valence-electron chi connectivity index (χ1n) is 12.1. The summed E-state index contributed by atoms with van der Waals surface area (Å²) in [6.45, 7) is 3.88. The molecule has 1 aromatic carbocycles. The zero-order valence-electron chi connectivity index (χ0n) is 20.2. The van der Waals surface area contributed by atoms with Gasteiger partial charge in [-0.15, -0.1) is 0 Å². The van der Waals surface area contributed by atoms with E-state index >= 15 is 0 Å². The smallest absolute Gasteiger partial charge is 0.305 e. The monoisotopic (exact) mass is 487 g/mol. The third-order valence-corrected chi connectivity index (χ3v) is 6.16. The van der Waals surface area contributed by atoms with Crippen molar-refractivity contribution in [2.75, 3.05) is 0 Å². The molecule has 1 amide bonds. The molecule has 1 aliphatic rings. The zero-order valence-corrected chi connectivity index (χ0v) is 20.2. The lowest BCUT2D eigenvalue weighted by atomic mass is 9.94. The van der Waals surface area contributed by atoms with E-state index in [4.69, 9.17) is 5.11 Å². The highest BCUT2D eigenvalue weighted by Crippen LogP contribution is 2.29. The van der Waals surface area contributed by atoms with Crippen LogP contribution < -0.4 is 5.32 Å². The molecule has 0 unspecified atom stereocenters. The van der Waals surface area contributed by atoms with Crippen LogP contribution in [0.2, 0.25) is 0 Å². The minimum atomic E-state index is -1.20. The van der Waals surface area contributed by atoms with Crippen LogP contribution in [-0.4, -0.2) is 55.2 Å². The first-order valence-corrected chi connectivity index (χ1v) is 12.1. The van der Waals surface area contributed by atoms with Crippen molar-refractivity contribution in [2.45, 2.75) is 83.0 Å². The number of aliphatic hydroxyl groups excluding tert-OH is 2. The number of aliphatic carboxylic acids is 1. The van der Waals surface area contributed by atoms with Crippen molar-refractivity contribution in [1.82, 2.24) is 15.1 Å². The van der Waals surface area contributed by atoms with E-state index in [1.54, 1.807) is 22.9 Å². The number of rotatable bonds is 10. The predicted molar refractivity (Wildman–Crippen MR) is 130 cm³/mol. The molecule has 1 heterocycles. The Labute approximate surface area is 204 Å². The Bertz CT molecular complexity index is 1040. The predicted octanol–water partition coefficient (Wildman–Crippen LogP) is 3.80. The van der Waals surface area contributed by atoms with E-state index in [-0.39, 0.29) is 30.0 Å². The van der Waals surface area contributed by atoms with Gasteiger partial charge in [-0.05, 0) is 49.1 Å². The quantitative estimate of drug-likeness (QED) is 0.404. The molecule has 4 N–H and O–H groups in total. The zero-order chi connectivity index (χ0) is 25.5. The van der Waals surface area contributed by atoms with Crippen LogP contribution in [0, 0.1) is 5.82 Å². The number of nitrogens with zero attached hydrogens (tertiary/aromatic N) is 2. The van der Waals surface area contributed by atoms with Gasteiger partial charge in [0.15, 0.2) is 5.69 Å². The molecule has 2 aromatic rings. The molecule has 190 valence electrons. The van der Waals surface area contributed by atoms with Gasteiger partial charge < -0.3 is 20.6 Å². The van der Waals surface area contributed by atoms with E-state index in [0.29, 0.717) is 16.9 Å². The number of nitrogens with one attached hydrogen (secondary N) is 1. The van der Waals surface area contributed by atoms with Crippen LogP contribution in [0.5, 0.6) is 0 Å². The number of hydrogen-bond donors (Lipinski definition) is 4. The van der Waals surface area contributed by atoms with E-state index in [1.165, 1.54) is 24.6 Å². The van der Waals surface area contributed by atoms with Gasteiger partial charge in [-0.1, -0.05) is 39.2 Å². The van der Waals surface area contributed by atoms with Gasteiger partial charge in [0, 0.05) is 18.0 Å². The molecule has 0 radical (unpaired) electrons. The summed E-state index contributed by atoms with van der Waals surface area (Å²) in [7, 11) is 0. The number of carboxylic acids is 1. The molecule has 1 fully saturated rings. The first-order chi connectivity index (χ1) is 16.7. The molecular formula is C26H34FN3O5. The third kappa shape index (κ3) is 7.22. The van der Waals surface area contributed by atoms with Gasteiger partial charge in [-0.2, -0.15) is 5.10 Å². The highest BCUT2D eigenvalue weighted by molar-refractivity contribution is 5.95. The van der Waals surface area contributed by atoms with E-state index in [1.807, 2.05) is 13.8 Å². The highest BCUT2D eigenvalue weighted by atomic mass is 19.1.